The van der Waals surface area contributed by atoms with Gasteiger partial charge < -0.3 is 9.05 Å². The molecule has 0 aliphatic rings. The van der Waals surface area contributed by atoms with Gasteiger partial charge in [-0.25, -0.2) is 4.57 Å². The standard InChI is InChI=1S/C19H16ClO3P.Na.H/c20-17-13-11-16(12-14-17)15-24(21,22-18-7-3-1-4-8-18)23-19-9-5-2-6-10-19;;/h1-14H,15H2;;. The molecule has 0 heterocycles. The zero-order chi connectivity index (χ0) is 16.8. The first-order valence-corrected chi connectivity index (χ1v) is 9.56. The fraction of sp³-hybridized carbons (Fsp3) is 0.0526. The predicted molar refractivity (Wildman–Crippen MR) is 104 cm³/mol. The summed E-state index contributed by atoms with van der Waals surface area (Å²) in [6.45, 7) is 0. The van der Waals surface area contributed by atoms with E-state index in [0.717, 1.165) is 5.56 Å². The van der Waals surface area contributed by atoms with Crippen LogP contribution in [0.2, 0.25) is 5.02 Å². The summed E-state index contributed by atoms with van der Waals surface area (Å²) in [7, 11) is -3.44. The number of rotatable bonds is 6. The van der Waals surface area contributed by atoms with Gasteiger partial charge in [0.05, 0.1) is 6.16 Å². The van der Waals surface area contributed by atoms with E-state index in [4.69, 9.17) is 20.6 Å². The monoisotopic (exact) mass is 382 g/mol. The zero-order valence-corrected chi connectivity index (χ0v) is 14.5. The van der Waals surface area contributed by atoms with Crippen LogP contribution in [0.25, 0.3) is 0 Å². The Morgan fingerprint density at radius 1 is 0.720 bits per heavy atom. The van der Waals surface area contributed by atoms with Crippen molar-refractivity contribution in [3.05, 3.63) is 95.5 Å². The third-order valence-electron chi connectivity index (χ3n) is 3.26. The third-order valence-corrected chi connectivity index (χ3v) is 5.25. The predicted octanol–water partition coefficient (Wildman–Crippen LogP) is 5.54. The molecule has 0 atom stereocenters. The molecule has 0 N–H and O–H groups in total. The summed E-state index contributed by atoms with van der Waals surface area (Å²) in [6, 6.07) is 25.2. The molecule has 0 amide bonds. The van der Waals surface area contributed by atoms with E-state index in [-0.39, 0.29) is 35.7 Å². The number of benzene rings is 3. The molecule has 0 fully saturated rings. The van der Waals surface area contributed by atoms with Crippen molar-refractivity contribution < 1.29 is 13.6 Å². The average molecular weight is 383 g/mol. The zero-order valence-electron chi connectivity index (χ0n) is 12.8. The molecule has 25 heavy (non-hydrogen) atoms. The van der Waals surface area contributed by atoms with E-state index in [1.54, 1.807) is 36.4 Å². The van der Waals surface area contributed by atoms with Crippen molar-refractivity contribution in [1.29, 1.82) is 0 Å². The number of halogens is 1. The molecule has 3 rings (SSSR count). The minimum atomic E-state index is -3.44. The van der Waals surface area contributed by atoms with Crippen LogP contribution in [0.3, 0.4) is 0 Å². The molecule has 0 aromatic heterocycles. The molecular weight excluding hydrogens is 366 g/mol. The first kappa shape index (κ1) is 20.1. The molecule has 0 aliphatic carbocycles. The summed E-state index contributed by atoms with van der Waals surface area (Å²) in [5, 5.41) is 0.626. The topological polar surface area (TPSA) is 35.5 Å². The normalized spacial score (nSPS) is 10.6. The van der Waals surface area contributed by atoms with Crippen molar-refractivity contribution in [3.63, 3.8) is 0 Å². The summed E-state index contributed by atoms with van der Waals surface area (Å²) in [5.74, 6) is 1.01. The van der Waals surface area contributed by atoms with Crippen LogP contribution in [0.4, 0.5) is 0 Å². The van der Waals surface area contributed by atoms with Gasteiger partial charge in [-0.2, -0.15) is 0 Å². The molecule has 0 spiro atoms. The summed E-state index contributed by atoms with van der Waals surface area (Å²) < 4.78 is 24.8. The Morgan fingerprint density at radius 3 is 1.60 bits per heavy atom. The van der Waals surface area contributed by atoms with Gasteiger partial charge in [0.15, 0.2) is 0 Å². The van der Waals surface area contributed by atoms with Crippen molar-refractivity contribution in [2.24, 2.45) is 0 Å². The average Bonchev–Trinajstić information content (AvgIpc) is 2.58. The van der Waals surface area contributed by atoms with Gasteiger partial charge in [0, 0.05) is 5.02 Å². The first-order chi connectivity index (χ1) is 11.6. The van der Waals surface area contributed by atoms with Crippen LogP contribution < -0.4 is 9.05 Å². The molecule has 6 heteroatoms. The number of hydrogen-bond acceptors (Lipinski definition) is 3. The Hall–Kier alpha value is -1.22. The molecule has 0 unspecified atom stereocenters. The minimum absolute atomic E-state index is 0. The molecule has 3 aromatic carbocycles. The summed E-state index contributed by atoms with van der Waals surface area (Å²) in [4.78, 5) is 0. The molecule has 124 valence electrons. The third kappa shape index (κ3) is 6.22. The fourth-order valence-corrected chi connectivity index (χ4v) is 4.02. The van der Waals surface area contributed by atoms with E-state index in [1.165, 1.54) is 0 Å². The van der Waals surface area contributed by atoms with Crippen molar-refractivity contribution in [1.82, 2.24) is 0 Å². The van der Waals surface area contributed by atoms with Gasteiger partial charge in [0.25, 0.3) is 0 Å². The summed E-state index contributed by atoms with van der Waals surface area (Å²) in [5.41, 5.74) is 0.828. The maximum atomic E-state index is 13.3. The van der Waals surface area contributed by atoms with E-state index < -0.39 is 7.60 Å². The number of hydrogen-bond donors (Lipinski definition) is 0. The molecule has 3 nitrogen and oxygen atoms in total. The second-order valence-corrected chi connectivity index (χ2v) is 7.54. The Balaban J connectivity index is 0.00000225. The van der Waals surface area contributed by atoms with Gasteiger partial charge in [0.2, 0.25) is 0 Å². The number of para-hydroxylation sites is 2. The maximum absolute atomic E-state index is 13.3. The van der Waals surface area contributed by atoms with Crippen molar-refractivity contribution in [3.8, 4) is 11.5 Å². The van der Waals surface area contributed by atoms with Crippen molar-refractivity contribution in [2.75, 3.05) is 0 Å². The van der Waals surface area contributed by atoms with E-state index in [1.807, 2.05) is 48.5 Å². The molecule has 0 radical (unpaired) electrons. The van der Waals surface area contributed by atoms with Crippen LogP contribution in [0, 0.1) is 0 Å². The van der Waals surface area contributed by atoms with Crippen LogP contribution in [0.5, 0.6) is 11.5 Å². The molecule has 0 aliphatic heterocycles. The van der Waals surface area contributed by atoms with Gasteiger partial charge in [-0.1, -0.05) is 60.1 Å². The van der Waals surface area contributed by atoms with Crippen LogP contribution in [-0.2, 0) is 10.7 Å². The van der Waals surface area contributed by atoms with Gasteiger partial charge in [-0.05, 0) is 42.0 Å². The van der Waals surface area contributed by atoms with Crippen molar-refractivity contribution >= 4 is 48.8 Å². The van der Waals surface area contributed by atoms with Gasteiger partial charge in [-0.15, -0.1) is 0 Å². The SMILES string of the molecule is O=P(Cc1ccc(Cl)cc1)(Oc1ccccc1)Oc1ccccc1.[NaH]. The first-order valence-electron chi connectivity index (χ1n) is 7.46. The van der Waals surface area contributed by atoms with E-state index in [9.17, 15) is 4.57 Å². The quantitative estimate of drug-likeness (QED) is 0.414. The van der Waals surface area contributed by atoms with Crippen molar-refractivity contribution in [2.45, 2.75) is 6.16 Å². The second kappa shape index (κ2) is 9.47. The molecule has 0 saturated carbocycles. The van der Waals surface area contributed by atoms with Crippen LogP contribution >= 0.6 is 19.2 Å². The Bertz CT molecular complexity index is 781. The van der Waals surface area contributed by atoms with Crippen LogP contribution in [0.15, 0.2) is 84.9 Å². The van der Waals surface area contributed by atoms with Crippen LogP contribution in [0.1, 0.15) is 5.56 Å². The fourth-order valence-electron chi connectivity index (χ4n) is 2.18. The Labute approximate surface area is 174 Å². The summed E-state index contributed by atoms with van der Waals surface area (Å²) >= 11 is 5.91. The van der Waals surface area contributed by atoms with E-state index in [2.05, 4.69) is 0 Å². The molecule has 3 aromatic rings. The van der Waals surface area contributed by atoms with Crippen LogP contribution in [-0.4, -0.2) is 29.6 Å². The van der Waals surface area contributed by atoms with Gasteiger partial charge in [0.1, 0.15) is 11.5 Å². The second-order valence-electron chi connectivity index (χ2n) is 5.20. The summed E-state index contributed by atoms with van der Waals surface area (Å²) in [6.07, 6.45) is 0.147. The molecule has 0 bridgehead atoms. The Kier molecular flexibility index (Phi) is 7.61. The van der Waals surface area contributed by atoms with E-state index >= 15 is 0 Å². The molecule has 0 saturated heterocycles. The van der Waals surface area contributed by atoms with E-state index in [0.29, 0.717) is 16.5 Å². The van der Waals surface area contributed by atoms with Gasteiger partial charge in [-0.3, -0.25) is 0 Å². The Morgan fingerprint density at radius 2 is 1.16 bits per heavy atom. The molecular formula is C19H17ClNaO3P. The van der Waals surface area contributed by atoms with Gasteiger partial charge >= 0.3 is 37.2 Å².